The first-order valence-corrected chi connectivity index (χ1v) is 4.72. The zero-order valence-corrected chi connectivity index (χ0v) is 8.42. The molecule has 3 N–H and O–H groups in total. The molecule has 0 saturated heterocycles. The predicted molar refractivity (Wildman–Crippen MR) is 62.9 cm³/mol. The quantitative estimate of drug-likeness (QED) is 0.424. The highest BCUT2D eigenvalue weighted by Crippen LogP contribution is 2.26. The largest absolute Gasteiger partial charge is 0.508 e. The van der Waals surface area contributed by atoms with Gasteiger partial charge >= 0.3 is 0 Å². The molecule has 0 unspecified atom stereocenters. The lowest BCUT2D eigenvalue weighted by Gasteiger charge is -2.03. The number of anilines is 1. The van der Waals surface area contributed by atoms with Crippen molar-refractivity contribution in [3.8, 4) is 5.75 Å². The minimum atomic E-state index is -0.0668. The van der Waals surface area contributed by atoms with Crippen LogP contribution in [-0.2, 0) is 4.79 Å². The van der Waals surface area contributed by atoms with Gasteiger partial charge in [0, 0.05) is 6.07 Å². The van der Waals surface area contributed by atoms with Crippen molar-refractivity contribution in [3.05, 3.63) is 42.5 Å². The van der Waals surface area contributed by atoms with E-state index in [9.17, 15) is 9.90 Å². The number of aromatic hydroxyl groups is 1. The Morgan fingerprint density at radius 1 is 1.12 bits per heavy atom. The van der Waals surface area contributed by atoms with Crippen molar-refractivity contribution in [3.63, 3.8) is 0 Å². The average molecular weight is 214 g/mol. The Morgan fingerprint density at radius 2 is 1.81 bits per heavy atom. The third kappa shape index (κ3) is 2.17. The van der Waals surface area contributed by atoms with Crippen molar-refractivity contribution in [2.45, 2.75) is 0 Å². The molecule has 0 spiro atoms. The molecule has 0 fully saturated rings. The minimum absolute atomic E-state index is 0.0668. The van der Waals surface area contributed by atoms with Crippen LogP contribution in [0, 0.1) is 0 Å². The van der Waals surface area contributed by atoms with Gasteiger partial charge in [0.1, 0.15) is 5.75 Å². The summed E-state index contributed by atoms with van der Waals surface area (Å²) in [7, 11) is 0. The molecule has 1 aromatic rings. The van der Waals surface area contributed by atoms with Gasteiger partial charge in [0.2, 0.25) is 0 Å². The predicted octanol–water partition coefficient (Wildman–Crippen LogP) is 1.74. The van der Waals surface area contributed by atoms with Crippen LogP contribution in [0.3, 0.4) is 0 Å². The second kappa shape index (κ2) is 4.02. The van der Waals surface area contributed by atoms with E-state index in [0.717, 1.165) is 0 Å². The topological polar surface area (TPSA) is 75.7 Å². The number of hydrogen-bond acceptors (Lipinski definition) is 4. The van der Waals surface area contributed by atoms with Crippen LogP contribution in [0.1, 0.15) is 0 Å². The van der Waals surface area contributed by atoms with Crippen LogP contribution >= 0.6 is 0 Å². The molecule has 0 amide bonds. The van der Waals surface area contributed by atoms with Gasteiger partial charge in [-0.25, -0.2) is 4.99 Å². The summed E-state index contributed by atoms with van der Waals surface area (Å²) in [6.07, 6.45) is 6.06. The number of benzene rings is 1. The molecule has 4 nitrogen and oxygen atoms in total. The highest BCUT2D eigenvalue weighted by atomic mass is 16.3. The van der Waals surface area contributed by atoms with E-state index in [1.807, 2.05) is 0 Å². The van der Waals surface area contributed by atoms with Gasteiger partial charge in [-0.1, -0.05) is 0 Å². The van der Waals surface area contributed by atoms with Crippen LogP contribution in [-0.4, -0.2) is 16.6 Å². The van der Waals surface area contributed by atoms with Gasteiger partial charge in [0.15, 0.2) is 5.78 Å². The highest BCUT2D eigenvalue weighted by molar-refractivity contribution is 6.17. The van der Waals surface area contributed by atoms with Crippen LogP contribution in [0.15, 0.2) is 47.5 Å². The summed E-state index contributed by atoms with van der Waals surface area (Å²) in [5.41, 5.74) is 7.28. The summed E-state index contributed by atoms with van der Waals surface area (Å²) in [6.45, 7) is 0. The molecule has 16 heavy (non-hydrogen) atoms. The Balaban J connectivity index is 2.36. The van der Waals surface area contributed by atoms with E-state index in [2.05, 4.69) is 4.99 Å². The molecule has 0 aromatic heterocycles. The van der Waals surface area contributed by atoms with Gasteiger partial charge in [-0.15, -0.1) is 0 Å². The lowest BCUT2D eigenvalue weighted by Crippen LogP contribution is -1.98. The minimum Gasteiger partial charge on any atom is -0.508 e. The lowest BCUT2D eigenvalue weighted by molar-refractivity contribution is -0.110. The number of nitrogens with two attached hydrogens (primary N) is 1. The van der Waals surface area contributed by atoms with Gasteiger partial charge in [-0.05, 0) is 36.4 Å². The molecule has 0 aliphatic heterocycles. The summed E-state index contributed by atoms with van der Waals surface area (Å²) in [6, 6.07) is 4.55. The fourth-order valence-electron chi connectivity index (χ4n) is 1.29. The fourth-order valence-corrected chi connectivity index (χ4v) is 1.29. The second-order valence-electron chi connectivity index (χ2n) is 3.35. The fraction of sp³-hybridized carbons (Fsp3) is 0. The lowest BCUT2D eigenvalue weighted by atomic mass is 10.1. The third-order valence-corrected chi connectivity index (χ3v) is 2.10. The Hall–Kier alpha value is -2.36. The van der Waals surface area contributed by atoms with Crippen molar-refractivity contribution in [1.82, 2.24) is 0 Å². The van der Waals surface area contributed by atoms with Gasteiger partial charge in [-0.3, -0.25) is 4.79 Å². The molecule has 4 heteroatoms. The van der Waals surface area contributed by atoms with Crippen LogP contribution < -0.4 is 5.73 Å². The van der Waals surface area contributed by atoms with Crippen LogP contribution in [0.4, 0.5) is 11.4 Å². The molecule has 0 radical (unpaired) electrons. The number of aliphatic imine (C=N–C) groups is 1. The molecule has 1 aliphatic rings. The van der Waals surface area contributed by atoms with Crippen molar-refractivity contribution >= 4 is 22.9 Å². The van der Waals surface area contributed by atoms with Gasteiger partial charge in [0.25, 0.3) is 0 Å². The number of rotatable bonds is 1. The van der Waals surface area contributed by atoms with E-state index in [-0.39, 0.29) is 11.5 Å². The van der Waals surface area contributed by atoms with Gasteiger partial charge < -0.3 is 10.8 Å². The molecule has 1 aromatic carbocycles. The highest BCUT2D eigenvalue weighted by Gasteiger charge is 2.02. The van der Waals surface area contributed by atoms with E-state index < -0.39 is 0 Å². The summed E-state index contributed by atoms with van der Waals surface area (Å²) < 4.78 is 0. The zero-order chi connectivity index (χ0) is 11.5. The molecule has 0 heterocycles. The summed E-state index contributed by atoms with van der Waals surface area (Å²) in [4.78, 5) is 15.1. The number of carbonyl (C=O) groups excluding carboxylic acids is 1. The monoisotopic (exact) mass is 214 g/mol. The van der Waals surface area contributed by atoms with E-state index in [1.165, 1.54) is 24.3 Å². The maximum atomic E-state index is 10.9. The number of allylic oxidation sites excluding steroid dienone is 4. The first-order chi connectivity index (χ1) is 7.65. The molecular formula is C12H10N2O2. The number of phenolic OH excluding ortho intramolecular Hbond substituents is 1. The van der Waals surface area contributed by atoms with E-state index in [1.54, 1.807) is 18.2 Å². The molecule has 0 saturated carbocycles. The first-order valence-electron chi connectivity index (χ1n) is 4.72. The maximum Gasteiger partial charge on any atom is 0.178 e. The first kappa shape index (κ1) is 10.2. The Labute approximate surface area is 92.4 Å². The molecule has 1 aliphatic carbocycles. The van der Waals surface area contributed by atoms with E-state index in [0.29, 0.717) is 17.1 Å². The SMILES string of the molecule is Nc1ccc(O)cc1N=C1C=CC(=O)C=C1. The number of carbonyl (C=O) groups is 1. The van der Waals surface area contributed by atoms with Crippen LogP contribution in [0.25, 0.3) is 0 Å². The molecule has 0 atom stereocenters. The number of phenols is 1. The normalized spacial score (nSPS) is 14.2. The summed E-state index contributed by atoms with van der Waals surface area (Å²) in [5, 5.41) is 9.29. The van der Waals surface area contributed by atoms with Crippen molar-refractivity contribution in [2.24, 2.45) is 4.99 Å². The van der Waals surface area contributed by atoms with E-state index >= 15 is 0 Å². The molecule has 80 valence electrons. The smallest absolute Gasteiger partial charge is 0.178 e. The van der Waals surface area contributed by atoms with Gasteiger partial charge in [0.05, 0.1) is 17.1 Å². The molecule has 2 rings (SSSR count). The second-order valence-corrected chi connectivity index (χ2v) is 3.35. The summed E-state index contributed by atoms with van der Waals surface area (Å²) >= 11 is 0. The van der Waals surface area contributed by atoms with Crippen molar-refractivity contribution in [1.29, 1.82) is 0 Å². The number of hydrogen-bond donors (Lipinski definition) is 2. The van der Waals surface area contributed by atoms with Crippen molar-refractivity contribution in [2.75, 3.05) is 5.73 Å². The zero-order valence-electron chi connectivity index (χ0n) is 8.42. The number of ketones is 1. The standard InChI is InChI=1S/C12H10N2O2/c13-11-6-5-10(16)7-12(11)14-8-1-3-9(15)4-2-8/h1-7,16H,13H2. The van der Waals surface area contributed by atoms with E-state index in [4.69, 9.17) is 5.73 Å². The number of nitrogens with zero attached hydrogens (tertiary/aromatic N) is 1. The van der Waals surface area contributed by atoms with Crippen molar-refractivity contribution < 1.29 is 9.90 Å². The average Bonchev–Trinajstić information content (AvgIpc) is 2.27. The van der Waals surface area contributed by atoms with Crippen LogP contribution in [0.2, 0.25) is 0 Å². The summed E-state index contributed by atoms with van der Waals surface area (Å²) in [5.74, 6) is 0.0382. The maximum absolute atomic E-state index is 10.9. The van der Waals surface area contributed by atoms with Gasteiger partial charge in [-0.2, -0.15) is 0 Å². The van der Waals surface area contributed by atoms with Crippen LogP contribution in [0.5, 0.6) is 5.75 Å². The third-order valence-electron chi connectivity index (χ3n) is 2.10. The Kier molecular flexibility index (Phi) is 2.55. The Bertz CT molecular complexity index is 510. The molecular weight excluding hydrogens is 204 g/mol. The molecule has 0 bridgehead atoms. The number of nitrogen functional groups attached to an aromatic ring is 1. The Morgan fingerprint density at radius 3 is 2.50 bits per heavy atom.